The van der Waals surface area contributed by atoms with Crippen LogP contribution in [0.2, 0.25) is 0 Å². The molecule has 1 aliphatic rings. The second-order valence-electron chi connectivity index (χ2n) is 8.78. The summed E-state index contributed by atoms with van der Waals surface area (Å²) in [7, 11) is 0. The first kappa shape index (κ1) is 22.7. The average Bonchev–Trinajstić information content (AvgIpc) is 2.68. The monoisotopic (exact) mass is 428 g/mol. The number of piperazine rings is 1. The molecule has 1 heterocycles. The van der Waals surface area contributed by atoms with Gasteiger partial charge >= 0.3 is 12.1 Å². The van der Waals surface area contributed by atoms with E-state index in [2.05, 4.69) is 4.90 Å². The Morgan fingerprint density at radius 1 is 1.10 bits per heavy atom. The molecule has 0 aliphatic carbocycles. The summed E-state index contributed by atoms with van der Waals surface area (Å²) < 4.78 is 19.5. The van der Waals surface area contributed by atoms with Crippen molar-refractivity contribution in [3.05, 3.63) is 71.5 Å². The van der Waals surface area contributed by atoms with Crippen LogP contribution in [0.5, 0.6) is 0 Å². The van der Waals surface area contributed by atoms with E-state index in [1.165, 1.54) is 12.1 Å². The van der Waals surface area contributed by atoms with E-state index in [0.717, 1.165) is 11.1 Å². The van der Waals surface area contributed by atoms with Gasteiger partial charge in [0.05, 0.1) is 12.5 Å². The van der Waals surface area contributed by atoms with Crippen molar-refractivity contribution in [3.8, 4) is 0 Å². The van der Waals surface area contributed by atoms with Gasteiger partial charge in [0.15, 0.2) is 0 Å². The molecular formula is C24H29FN2O4. The van der Waals surface area contributed by atoms with Crippen molar-refractivity contribution >= 4 is 12.1 Å². The third-order valence-electron chi connectivity index (χ3n) is 5.20. The number of nitrogens with zero attached hydrogens (tertiary/aromatic N) is 2. The second kappa shape index (κ2) is 9.47. The smallest absolute Gasteiger partial charge is 0.410 e. The van der Waals surface area contributed by atoms with Crippen LogP contribution in [0.15, 0.2) is 54.6 Å². The molecule has 0 spiro atoms. The summed E-state index contributed by atoms with van der Waals surface area (Å²) in [6, 6.07) is 15.2. The number of carbonyl (C=O) groups is 2. The van der Waals surface area contributed by atoms with Crippen LogP contribution in [-0.4, -0.2) is 58.2 Å². The zero-order valence-electron chi connectivity index (χ0n) is 18.1. The fraction of sp³-hybridized carbons (Fsp3) is 0.417. The lowest BCUT2D eigenvalue weighted by Crippen LogP contribution is -2.57. The lowest BCUT2D eigenvalue weighted by atomic mass is 9.93. The van der Waals surface area contributed by atoms with Crippen LogP contribution in [0.4, 0.5) is 9.18 Å². The highest BCUT2D eigenvalue weighted by molar-refractivity contribution is 5.70. The van der Waals surface area contributed by atoms with Crippen molar-refractivity contribution in [2.24, 2.45) is 0 Å². The quantitative estimate of drug-likeness (QED) is 0.769. The Morgan fingerprint density at radius 3 is 2.39 bits per heavy atom. The third kappa shape index (κ3) is 6.04. The highest BCUT2D eigenvalue weighted by Crippen LogP contribution is 2.33. The highest BCUT2D eigenvalue weighted by atomic mass is 19.1. The summed E-state index contributed by atoms with van der Waals surface area (Å²) >= 11 is 0. The van der Waals surface area contributed by atoms with Gasteiger partial charge in [-0.2, -0.15) is 0 Å². The normalized spacial score (nSPS) is 18.5. The molecule has 166 valence electrons. The number of carboxylic acids is 1. The standard InChI is InChI=1S/C24H29FN2O4/c1-24(2,3)31-23(30)26-12-13-27(20(16-26)15-21(28)29)22(17-8-5-4-6-9-17)18-10-7-11-19(25)14-18/h4-11,14,20,22H,12-13,15-16H2,1-3H3,(H,28,29)/t20-,22?/m1/s1. The zero-order chi connectivity index (χ0) is 22.6. The summed E-state index contributed by atoms with van der Waals surface area (Å²) in [6.45, 7) is 6.44. The molecule has 1 saturated heterocycles. The maximum absolute atomic E-state index is 14.1. The van der Waals surface area contributed by atoms with E-state index >= 15 is 0 Å². The molecule has 1 N–H and O–H groups in total. The second-order valence-corrected chi connectivity index (χ2v) is 8.78. The van der Waals surface area contributed by atoms with Crippen LogP contribution in [0.25, 0.3) is 0 Å². The fourth-order valence-electron chi connectivity index (χ4n) is 3.97. The van der Waals surface area contributed by atoms with E-state index in [9.17, 15) is 19.1 Å². The molecule has 1 unspecified atom stereocenters. The van der Waals surface area contributed by atoms with Gasteiger partial charge in [-0.15, -0.1) is 0 Å². The van der Waals surface area contributed by atoms with Crippen LogP contribution >= 0.6 is 0 Å². The van der Waals surface area contributed by atoms with Crippen molar-refractivity contribution in [1.82, 2.24) is 9.80 Å². The van der Waals surface area contributed by atoms with Crippen molar-refractivity contribution < 1.29 is 23.8 Å². The topological polar surface area (TPSA) is 70.1 Å². The first-order valence-electron chi connectivity index (χ1n) is 10.4. The molecule has 0 saturated carbocycles. The molecule has 2 aromatic carbocycles. The minimum absolute atomic E-state index is 0.141. The zero-order valence-corrected chi connectivity index (χ0v) is 18.1. The summed E-state index contributed by atoms with van der Waals surface area (Å²) in [5.41, 5.74) is 1.05. The molecule has 6 nitrogen and oxygen atoms in total. The SMILES string of the molecule is CC(C)(C)OC(=O)N1CCN(C(c2ccccc2)c2cccc(F)c2)[C@H](CC(=O)O)C1. The van der Waals surface area contributed by atoms with Gasteiger partial charge in [0, 0.05) is 25.7 Å². The average molecular weight is 429 g/mol. The number of ether oxygens (including phenoxy) is 1. The van der Waals surface area contributed by atoms with Crippen molar-refractivity contribution in [2.75, 3.05) is 19.6 Å². The molecule has 1 fully saturated rings. The molecule has 1 aliphatic heterocycles. The number of carbonyl (C=O) groups excluding carboxylic acids is 1. The molecule has 2 atom stereocenters. The maximum atomic E-state index is 14.1. The molecule has 3 rings (SSSR count). The Kier molecular flexibility index (Phi) is 6.95. The van der Waals surface area contributed by atoms with Crippen LogP contribution in [0, 0.1) is 5.82 Å². The van der Waals surface area contributed by atoms with E-state index in [0.29, 0.717) is 13.1 Å². The minimum atomic E-state index is -0.952. The summed E-state index contributed by atoms with van der Waals surface area (Å²) in [5.74, 6) is -1.30. The predicted octanol–water partition coefficient (Wildman–Crippen LogP) is 4.31. The van der Waals surface area contributed by atoms with Crippen LogP contribution < -0.4 is 0 Å². The fourth-order valence-corrected chi connectivity index (χ4v) is 3.97. The Bertz CT molecular complexity index is 913. The van der Waals surface area contributed by atoms with E-state index in [4.69, 9.17) is 4.74 Å². The van der Waals surface area contributed by atoms with Crippen molar-refractivity contribution in [3.63, 3.8) is 0 Å². The predicted molar refractivity (Wildman–Crippen MR) is 115 cm³/mol. The number of rotatable bonds is 5. The van der Waals surface area contributed by atoms with E-state index < -0.39 is 23.7 Å². The molecule has 0 radical (unpaired) electrons. The Balaban J connectivity index is 1.94. The molecule has 1 amide bonds. The van der Waals surface area contributed by atoms with E-state index in [-0.39, 0.29) is 24.8 Å². The largest absolute Gasteiger partial charge is 0.481 e. The van der Waals surface area contributed by atoms with Crippen LogP contribution in [0.1, 0.15) is 44.4 Å². The Labute approximate surface area is 182 Å². The number of benzene rings is 2. The lowest BCUT2D eigenvalue weighted by Gasteiger charge is -2.45. The highest BCUT2D eigenvalue weighted by Gasteiger charge is 2.37. The molecule has 0 aromatic heterocycles. The number of halogens is 1. The molecule has 31 heavy (non-hydrogen) atoms. The van der Waals surface area contributed by atoms with Gasteiger partial charge in [-0.1, -0.05) is 42.5 Å². The Hall–Kier alpha value is -2.93. The van der Waals surface area contributed by atoms with E-state index in [1.807, 2.05) is 36.4 Å². The van der Waals surface area contributed by atoms with Gasteiger partial charge < -0.3 is 14.7 Å². The van der Waals surface area contributed by atoms with Gasteiger partial charge in [0.25, 0.3) is 0 Å². The minimum Gasteiger partial charge on any atom is -0.481 e. The molecule has 0 bridgehead atoms. The van der Waals surface area contributed by atoms with Crippen molar-refractivity contribution in [2.45, 2.75) is 44.9 Å². The maximum Gasteiger partial charge on any atom is 0.410 e. The number of hydrogen-bond donors (Lipinski definition) is 1. The third-order valence-corrected chi connectivity index (χ3v) is 5.20. The number of hydrogen-bond acceptors (Lipinski definition) is 4. The first-order chi connectivity index (χ1) is 14.6. The number of aliphatic carboxylic acids is 1. The van der Waals surface area contributed by atoms with Gasteiger partial charge in [-0.25, -0.2) is 9.18 Å². The van der Waals surface area contributed by atoms with E-state index in [1.54, 1.807) is 31.7 Å². The van der Waals surface area contributed by atoms with Gasteiger partial charge in [-0.05, 0) is 44.0 Å². The van der Waals surface area contributed by atoms with Gasteiger partial charge in [0.2, 0.25) is 0 Å². The van der Waals surface area contributed by atoms with Gasteiger partial charge in [-0.3, -0.25) is 9.69 Å². The first-order valence-corrected chi connectivity index (χ1v) is 10.4. The lowest BCUT2D eigenvalue weighted by molar-refractivity contribution is -0.139. The molecule has 7 heteroatoms. The Morgan fingerprint density at radius 2 is 1.77 bits per heavy atom. The summed E-state index contributed by atoms with van der Waals surface area (Å²) in [5, 5.41) is 9.54. The van der Waals surface area contributed by atoms with Crippen molar-refractivity contribution in [1.29, 1.82) is 0 Å². The molecule has 2 aromatic rings. The number of amides is 1. The summed E-state index contributed by atoms with van der Waals surface area (Å²) in [4.78, 5) is 27.9. The summed E-state index contributed by atoms with van der Waals surface area (Å²) in [6.07, 6.45) is -0.595. The van der Waals surface area contributed by atoms with Crippen LogP contribution in [0.3, 0.4) is 0 Å². The van der Waals surface area contributed by atoms with Gasteiger partial charge in [0.1, 0.15) is 11.4 Å². The molecular weight excluding hydrogens is 399 g/mol. The van der Waals surface area contributed by atoms with Crippen LogP contribution in [-0.2, 0) is 9.53 Å². The number of carboxylic acid groups (broad SMARTS) is 1.